The molecule has 6 rings (SSSR count). The number of nitrogens with one attached hydrogen (secondary N) is 1. The van der Waals surface area contributed by atoms with Crippen LogP contribution in [0.2, 0.25) is 0 Å². The maximum Gasteiger partial charge on any atom is 0.309 e. The molecule has 7 heteroatoms. The maximum absolute atomic E-state index is 13.6. The van der Waals surface area contributed by atoms with E-state index in [0.29, 0.717) is 17.8 Å². The highest BCUT2D eigenvalue weighted by atomic mass is 16.4. The van der Waals surface area contributed by atoms with Gasteiger partial charge in [0.1, 0.15) is 5.82 Å². The number of hydrogen-bond acceptors (Lipinski definition) is 5. The zero-order valence-electron chi connectivity index (χ0n) is 19.5. The van der Waals surface area contributed by atoms with Gasteiger partial charge >= 0.3 is 5.97 Å². The van der Waals surface area contributed by atoms with Gasteiger partial charge in [-0.1, -0.05) is 6.07 Å². The van der Waals surface area contributed by atoms with E-state index in [1.54, 1.807) is 0 Å². The molecule has 0 radical (unpaired) electrons. The molecule has 1 amide bonds. The van der Waals surface area contributed by atoms with Crippen molar-refractivity contribution in [3.05, 3.63) is 24.4 Å². The van der Waals surface area contributed by atoms with Crippen LogP contribution < -0.4 is 10.2 Å². The van der Waals surface area contributed by atoms with Gasteiger partial charge < -0.3 is 15.3 Å². The third-order valence-electron chi connectivity index (χ3n) is 8.90. The average Bonchev–Trinajstić information content (AvgIpc) is 2.76. The molecule has 174 valence electrons. The minimum Gasteiger partial charge on any atom is -0.481 e. The van der Waals surface area contributed by atoms with E-state index in [-0.39, 0.29) is 18.0 Å². The summed E-state index contributed by atoms with van der Waals surface area (Å²) in [6.45, 7) is 8.73. The predicted molar refractivity (Wildman–Crippen MR) is 122 cm³/mol. The first-order chi connectivity index (χ1) is 15.2. The van der Waals surface area contributed by atoms with Crippen LogP contribution in [0.4, 0.5) is 5.82 Å². The quantitative estimate of drug-likeness (QED) is 0.732. The Hall–Kier alpha value is -2.15. The van der Waals surface area contributed by atoms with Crippen LogP contribution >= 0.6 is 0 Å². The van der Waals surface area contributed by atoms with Gasteiger partial charge in [0, 0.05) is 37.9 Å². The number of carbonyl (C=O) groups is 2. The molecule has 2 heterocycles. The monoisotopic (exact) mass is 440 g/mol. The van der Waals surface area contributed by atoms with Crippen LogP contribution in [0.1, 0.15) is 52.9 Å². The number of amides is 1. The average molecular weight is 441 g/mol. The number of aliphatic carboxylic acids is 1. The van der Waals surface area contributed by atoms with Crippen LogP contribution in [0.25, 0.3) is 0 Å². The summed E-state index contributed by atoms with van der Waals surface area (Å²) < 4.78 is 0. The lowest BCUT2D eigenvalue weighted by atomic mass is 9.48. The van der Waals surface area contributed by atoms with Crippen molar-refractivity contribution in [2.24, 2.45) is 23.2 Å². The Kier molecular flexibility index (Phi) is 5.23. The number of pyridine rings is 1. The number of nitrogens with zero attached hydrogens (tertiary/aromatic N) is 3. The zero-order valence-corrected chi connectivity index (χ0v) is 19.5. The number of carbonyl (C=O) groups excluding carboxylic acids is 1. The number of hydrogen-bond donors (Lipinski definition) is 2. The molecule has 2 N–H and O–H groups in total. The molecule has 32 heavy (non-hydrogen) atoms. The van der Waals surface area contributed by atoms with Gasteiger partial charge in [0.15, 0.2) is 0 Å². The minimum absolute atomic E-state index is 0.0810. The summed E-state index contributed by atoms with van der Waals surface area (Å²) in [7, 11) is 0. The SMILES string of the molecule is C[C@H]1CN(c2ccccn2)CCN1C(C)(C)C(=O)NC1C2CC3CC1CC(C(=O)O)(C3)C2. The summed E-state index contributed by atoms with van der Waals surface area (Å²) in [6.07, 6.45) is 6.23. The van der Waals surface area contributed by atoms with E-state index >= 15 is 0 Å². The van der Waals surface area contributed by atoms with Crippen LogP contribution in [0.5, 0.6) is 0 Å². The van der Waals surface area contributed by atoms with Crippen LogP contribution in [-0.2, 0) is 9.59 Å². The first-order valence-corrected chi connectivity index (χ1v) is 12.2. The Morgan fingerprint density at radius 1 is 1.16 bits per heavy atom. The van der Waals surface area contributed by atoms with Gasteiger partial charge in [0.2, 0.25) is 5.91 Å². The Balaban J connectivity index is 1.25. The molecule has 1 saturated heterocycles. The summed E-state index contributed by atoms with van der Waals surface area (Å²) in [5.74, 6) is 1.57. The summed E-state index contributed by atoms with van der Waals surface area (Å²) in [4.78, 5) is 34.7. The molecule has 1 aromatic rings. The first-order valence-electron chi connectivity index (χ1n) is 12.2. The van der Waals surface area contributed by atoms with Crippen molar-refractivity contribution < 1.29 is 14.7 Å². The lowest BCUT2D eigenvalue weighted by molar-refractivity contribution is -0.168. The third kappa shape index (κ3) is 3.49. The number of carboxylic acid groups (broad SMARTS) is 1. The van der Waals surface area contributed by atoms with Crippen molar-refractivity contribution in [1.29, 1.82) is 0 Å². The third-order valence-corrected chi connectivity index (χ3v) is 8.90. The molecule has 2 unspecified atom stereocenters. The molecule has 0 aromatic carbocycles. The second-order valence-corrected chi connectivity index (χ2v) is 11.3. The molecule has 1 aromatic heterocycles. The number of anilines is 1. The molecule has 4 aliphatic carbocycles. The van der Waals surface area contributed by atoms with Gasteiger partial charge in [-0.2, -0.15) is 0 Å². The smallest absolute Gasteiger partial charge is 0.309 e. The van der Waals surface area contributed by atoms with Gasteiger partial charge in [-0.3, -0.25) is 14.5 Å². The molecular formula is C25H36N4O3. The highest BCUT2D eigenvalue weighted by Gasteiger charge is 2.59. The Morgan fingerprint density at radius 3 is 2.47 bits per heavy atom. The Labute approximate surface area is 190 Å². The standard InChI is InChI=1S/C25H36N4O3/c1-16-15-28(20-6-4-5-7-26-20)8-9-29(16)24(2,3)22(30)27-21-18-10-17-11-19(21)14-25(12-17,13-18)23(31)32/h4-7,16-19,21H,8-15H2,1-3H3,(H,27,30)(H,31,32)/t16-,17?,18?,19?,21?,25?/m0/s1. The minimum atomic E-state index is -0.624. The van der Waals surface area contributed by atoms with E-state index in [9.17, 15) is 14.7 Å². The second-order valence-electron chi connectivity index (χ2n) is 11.3. The van der Waals surface area contributed by atoms with Crippen molar-refractivity contribution in [3.63, 3.8) is 0 Å². The van der Waals surface area contributed by atoms with Crippen LogP contribution in [-0.4, -0.2) is 64.1 Å². The normalized spacial score (nSPS) is 36.8. The van der Waals surface area contributed by atoms with Gasteiger partial charge in [-0.15, -0.1) is 0 Å². The number of piperazine rings is 1. The first kappa shape index (κ1) is 21.7. The predicted octanol–water partition coefficient (Wildman–Crippen LogP) is 2.77. The topological polar surface area (TPSA) is 85.8 Å². The van der Waals surface area contributed by atoms with Gasteiger partial charge in [0.25, 0.3) is 0 Å². The van der Waals surface area contributed by atoms with Crippen molar-refractivity contribution in [2.45, 2.75) is 70.5 Å². The molecule has 7 nitrogen and oxygen atoms in total. The molecule has 5 aliphatic rings. The van der Waals surface area contributed by atoms with E-state index in [1.807, 2.05) is 38.2 Å². The molecule has 0 spiro atoms. The fourth-order valence-corrected chi connectivity index (χ4v) is 7.52. The van der Waals surface area contributed by atoms with E-state index in [1.165, 1.54) is 0 Å². The summed E-state index contributed by atoms with van der Waals surface area (Å²) in [5, 5.41) is 13.3. The Bertz CT molecular complexity index is 872. The summed E-state index contributed by atoms with van der Waals surface area (Å²) in [5.41, 5.74) is -1.15. The lowest BCUT2D eigenvalue weighted by Gasteiger charge is -2.58. The number of aromatic nitrogens is 1. The molecular weight excluding hydrogens is 404 g/mol. The van der Waals surface area contributed by atoms with E-state index in [2.05, 4.69) is 27.0 Å². The van der Waals surface area contributed by atoms with Crippen molar-refractivity contribution in [2.75, 3.05) is 24.5 Å². The Morgan fingerprint density at radius 2 is 1.88 bits per heavy atom. The van der Waals surface area contributed by atoms with E-state index < -0.39 is 16.9 Å². The summed E-state index contributed by atoms with van der Waals surface area (Å²) in [6, 6.07) is 6.32. The van der Waals surface area contributed by atoms with Crippen LogP contribution in [0, 0.1) is 23.2 Å². The van der Waals surface area contributed by atoms with Gasteiger partial charge in [-0.05, 0) is 82.8 Å². The lowest BCUT2D eigenvalue weighted by Crippen LogP contribution is -2.67. The summed E-state index contributed by atoms with van der Waals surface area (Å²) >= 11 is 0. The van der Waals surface area contributed by atoms with Gasteiger partial charge in [0.05, 0.1) is 11.0 Å². The van der Waals surface area contributed by atoms with Crippen molar-refractivity contribution in [1.82, 2.24) is 15.2 Å². The molecule has 3 atom stereocenters. The zero-order chi connectivity index (χ0) is 22.7. The molecule has 4 bridgehead atoms. The highest BCUT2D eigenvalue weighted by Crippen LogP contribution is 2.60. The number of rotatable bonds is 5. The maximum atomic E-state index is 13.6. The number of carboxylic acids is 1. The van der Waals surface area contributed by atoms with Crippen molar-refractivity contribution >= 4 is 17.7 Å². The second kappa shape index (κ2) is 7.72. The van der Waals surface area contributed by atoms with Crippen LogP contribution in [0.3, 0.4) is 0 Å². The largest absolute Gasteiger partial charge is 0.481 e. The van der Waals surface area contributed by atoms with Gasteiger partial charge in [-0.25, -0.2) is 4.98 Å². The van der Waals surface area contributed by atoms with E-state index in [0.717, 1.165) is 57.6 Å². The van der Waals surface area contributed by atoms with Crippen LogP contribution in [0.15, 0.2) is 24.4 Å². The molecule has 4 saturated carbocycles. The molecule has 1 aliphatic heterocycles. The van der Waals surface area contributed by atoms with E-state index in [4.69, 9.17) is 0 Å². The highest BCUT2D eigenvalue weighted by molar-refractivity contribution is 5.86. The van der Waals surface area contributed by atoms with Crippen molar-refractivity contribution in [3.8, 4) is 0 Å². The molecule has 5 fully saturated rings. The fourth-order valence-electron chi connectivity index (χ4n) is 7.52. The fraction of sp³-hybridized carbons (Fsp3) is 0.720.